The maximum absolute atomic E-state index is 10.9. The second-order valence-electron chi connectivity index (χ2n) is 2.88. The third-order valence-corrected chi connectivity index (χ3v) is 1.53. The molecule has 0 aliphatic carbocycles. The molecule has 0 heterocycles. The lowest BCUT2D eigenvalue weighted by Crippen LogP contribution is -2.18. The van der Waals surface area contributed by atoms with Gasteiger partial charge in [0.2, 0.25) is 0 Å². The second kappa shape index (κ2) is 7.25. The van der Waals surface area contributed by atoms with Crippen molar-refractivity contribution in [2.75, 3.05) is 20.3 Å². The first kappa shape index (κ1) is 11.6. The summed E-state index contributed by atoms with van der Waals surface area (Å²) < 4.78 is 9.93. The van der Waals surface area contributed by atoms with Crippen molar-refractivity contribution in [1.29, 1.82) is 0 Å². The molecular weight excluding hydrogens is 156 g/mol. The number of methoxy groups -OCH3 is 1. The molecule has 0 bridgehead atoms. The average molecular weight is 174 g/mol. The molecule has 0 saturated carbocycles. The molecule has 0 amide bonds. The molecule has 3 heteroatoms. The molecule has 12 heavy (non-hydrogen) atoms. The fraction of sp³-hybridized carbons (Fsp3) is 0.889. The zero-order valence-corrected chi connectivity index (χ0v) is 8.13. The molecule has 1 unspecified atom stereocenters. The molecule has 0 aromatic heterocycles. The van der Waals surface area contributed by atoms with Crippen LogP contribution in [0.2, 0.25) is 0 Å². The number of ketones is 1. The van der Waals surface area contributed by atoms with Crippen LogP contribution in [0.3, 0.4) is 0 Å². The van der Waals surface area contributed by atoms with E-state index in [1.165, 1.54) is 7.11 Å². The molecule has 72 valence electrons. The van der Waals surface area contributed by atoms with Gasteiger partial charge in [0.15, 0.2) is 5.78 Å². The van der Waals surface area contributed by atoms with Crippen LogP contribution in [0.4, 0.5) is 0 Å². The third-order valence-electron chi connectivity index (χ3n) is 1.53. The van der Waals surface area contributed by atoms with Crippen molar-refractivity contribution in [1.82, 2.24) is 0 Å². The van der Waals surface area contributed by atoms with Gasteiger partial charge in [-0.15, -0.1) is 0 Å². The van der Waals surface area contributed by atoms with Crippen molar-refractivity contribution in [2.45, 2.75) is 32.8 Å². The number of carbonyl (C=O) groups is 1. The highest BCUT2D eigenvalue weighted by molar-refractivity contribution is 5.80. The van der Waals surface area contributed by atoms with Gasteiger partial charge in [-0.2, -0.15) is 0 Å². The van der Waals surface area contributed by atoms with Gasteiger partial charge in [0.1, 0.15) is 13.2 Å². The number of ether oxygens (including phenoxy) is 2. The van der Waals surface area contributed by atoms with Crippen molar-refractivity contribution >= 4 is 5.78 Å². The Balaban J connectivity index is 3.33. The Hall–Kier alpha value is -0.410. The van der Waals surface area contributed by atoms with E-state index in [4.69, 9.17) is 4.74 Å². The summed E-state index contributed by atoms with van der Waals surface area (Å²) in [7, 11) is 1.51. The summed E-state index contributed by atoms with van der Waals surface area (Å²) in [5, 5.41) is 0. The Kier molecular flexibility index (Phi) is 7.00. The third kappa shape index (κ3) is 6.31. The standard InChI is InChI=1S/C9H18O3/c1-4-5-8(2)12-7-9(10)6-11-3/h8H,4-7H2,1-3H3. The summed E-state index contributed by atoms with van der Waals surface area (Å²) >= 11 is 0. The van der Waals surface area contributed by atoms with E-state index in [-0.39, 0.29) is 25.1 Å². The lowest BCUT2D eigenvalue weighted by atomic mass is 10.2. The molecule has 3 nitrogen and oxygen atoms in total. The predicted octanol–water partition coefficient (Wildman–Crippen LogP) is 1.41. The molecule has 0 radical (unpaired) electrons. The molecule has 0 saturated heterocycles. The van der Waals surface area contributed by atoms with Crippen LogP contribution in [0, 0.1) is 0 Å². The Bertz CT molecular complexity index is 123. The van der Waals surface area contributed by atoms with Crippen LogP contribution in [-0.2, 0) is 14.3 Å². The highest BCUT2D eigenvalue weighted by atomic mass is 16.5. The molecule has 0 N–H and O–H groups in total. The largest absolute Gasteiger partial charge is 0.377 e. The maximum Gasteiger partial charge on any atom is 0.183 e. The van der Waals surface area contributed by atoms with E-state index in [1.807, 2.05) is 6.92 Å². The van der Waals surface area contributed by atoms with Gasteiger partial charge in [0.05, 0.1) is 6.10 Å². The van der Waals surface area contributed by atoms with Gasteiger partial charge in [-0.3, -0.25) is 4.79 Å². The average Bonchev–Trinajstić information content (AvgIpc) is 2.02. The van der Waals surface area contributed by atoms with E-state index >= 15 is 0 Å². The van der Waals surface area contributed by atoms with Gasteiger partial charge in [-0.05, 0) is 13.3 Å². The number of hydrogen-bond donors (Lipinski definition) is 0. The molecule has 1 atom stereocenters. The fourth-order valence-electron chi connectivity index (χ4n) is 0.928. The van der Waals surface area contributed by atoms with Gasteiger partial charge in [-0.1, -0.05) is 13.3 Å². The molecule has 0 aliphatic heterocycles. The predicted molar refractivity (Wildman–Crippen MR) is 47.2 cm³/mol. The van der Waals surface area contributed by atoms with E-state index in [0.717, 1.165) is 12.8 Å². The molecule has 0 aliphatic rings. The summed E-state index contributed by atoms with van der Waals surface area (Å²) in [4.78, 5) is 10.9. The lowest BCUT2D eigenvalue weighted by Gasteiger charge is -2.10. The van der Waals surface area contributed by atoms with E-state index in [1.54, 1.807) is 0 Å². The first-order valence-corrected chi connectivity index (χ1v) is 4.33. The molecule has 0 rings (SSSR count). The Morgan fingerprint density at radius 1 is 1.42 bits per heavy atom. The molecular formula is C9H18O3. The number of hydrogen-bond acceptors (Lipinski definition) is 3. The summed E-state index contributed by atoms with van der Waals surface area (Å²) in [6.07, 6.45) is 2.26. The van der Waals surface area contributed by atoms with Crippen LogP contribution in [0.5, 0.6) is 0 Å². The van der Waals surface area contributed by atoms with Crippen molar-refractivity contribution in [3.63, 3.8) is 0 Å². The SMILES string of the molecule is CCCC(C)OCC(=O)COC. The van der Waals surface area contributed by atoms with Crippen LogP contribution in [-0.4, -0.2) is 32.2 Å². The Labute approximate surface area is 74.0 Å². The van der Waals surface area contributed by atoms with Crippen molar-refractivity contribution in [3.8, 4) is 0 Å². The highest BCUT2D eigenvalue weighted by Gasteiger charge is 2.04. The van der Waals surface area contributed by atoms with Crippen LogP contribution in [0.1, 0.15) is 26.7 Å². The van der Waals surface area contributed by atoms with E-state index in [2.05, 4.69) is 11.7 Å². The molecule has 0 aromatic rings. The summed E-state index contributed by atoms with van der Waals surface area (Å²) in [6.45, 7) is 4.40. The van der Waals surface area contributed by atoms with Gasteiger partial charge in [-0.25, -0.2) is 0 Å². The van der Waals surface area contributed by atoms with Crippen LogP contribution < -0.4 is 0 Å². The minimum Gasteiger partial charge on any atom is -0.377 e. The van der Waals surface area contributed by atoms with Crippen molar-refractivity contribution in [2.24, 2.45) is 0 Å². The summed E-state index contributed by atoms with van der Waals surface area (Å²) in [5.74, 6) is 0.000420. The smallest absolute Gasteiger partial charge is 0.183 e. The maximum atomic E-state index is 10.9. The normalized spacial score (nSPS) is 12.9. The zero-order valence-electron chi connectivity index (χ0n) is 8.13. The van der Waals surface area contributed by atoms with Crippen LogP contribution in [0.15, 0.2) is 0 Å². The van der Waals surface area contributed by atoms with Crippen LogP contribution >= 0.6 is 0 Å². The van der Waals surface area contributed by atoms with E-state index < -0.39 is 0 Å². The minimum absolute atomic E-state index is 0.000420. The van der Waals surface area contributed by atoms with Crippen LogP contribution in [0.25, 0.3) is 0 Å². The van der Waals surface area contributed by atoms with Crippen molar-refractivity contribution in [3.05, 3.63) is 0 Å². The van der Waals surface area contributed by atoms with Crippen molar-refractivity contribution < 1.29 is 14.3 Å². The highest BCUT2D eigenvalue weighted by Crippen LogP contribution is 1.99. The zero-order chi connectivity index (χ0) is 9.40. The lowest BCUT2D eigenvalue weighted by molar-refractivity contribution is -0.129. The van der Waals surface area contributed by atoms with Gasteiger partial charge < -0.3 is 9.47 Å². The Morgan fingerprint density at radius 2 is 2.08 bits per heavy atom. The van der Waals surface area contributed by atoms with E-state index in [0.29, 0.717) is 0 Å². The summed E-state index contributed by atoms with van der Waals surface area (Å²) in [6, 6.07) is 0. The number of rotatable bonds is 7. The van der Waals surface area contributed by atoms with E-state index in [9.17, 15) is 4.79 Å². The van der Waals surface area contributed by atoms with Gasteiger partial charge in [0, 0.05) is 7.11 Å². The molecule has 0 spiro atoms. The topological polar surface area (TPSA) is 35.5 Å². The number of Topliss-reactive ketones (excluding diaryl/α,β-unsaturated/α-hetero) is 1. The fourth-order valence-corrected chi connectivity index (χ4v) is 0.928. The quantitative estimate of drug-likeness (QED) is 0.585. The molecule has 0 aromatic carbocycles. The second-order valence-corrected chi connectivity index (χ2v) is 2.88. The first-order valence-electron chi connectivity index (χ1n) is 4.33. The summed E-state index contributed by atoms with van der Waals surface area (Å²) in [5.41, 5.74) is 0. The minimum atomic E-state index is 0.000420. The molecule has 0 fully saturated rings. The Morgan fingerprint density at radius 3 is 2.58 bits per heavy atom. The first-order chi connectivity index (χ1) is 5.70. The van der Waals surface area contributed by atoms with Gasteiger partial charge in [0.25, 0.3) is 0 Å². The monoisotopic (exact) mass is 174 g/mol. The number of carbonyl (C=O) groups excluding carboxylic acids is 1. The van der Waals surface area contributed by atoms with Gasteiger partial charge >= 0.3 is 0 Å².